The van der Waals surface area contributed by atoms with Crippen LogP contribution in [0.15, 0.2) is 33.7 Å². The van der Waals surface area contributed by atoms with Crippen molar-refractivity contribution in [3.05, 3.63) is 34.3 Å². The molecule has 8 nitrogen and oxygen atoms in total. The van der Waals surface area contributed by atoms with Crippen molar-refractivity contribution >= 4 is 33.8 Å². The Hall–Kier alpha value is -2.13. The number of rotatable bonds is 3. The van der Waals surface area contributed by atoms with Gasteiger partial charge in [-0.1, -0.05) is 28.1 Å². The molecule has 1 aromatic carbocycles. The molecule has 2 saturated heterocycles. The fraction of sp³-hybridized carbons (Fsp3) is 0.526. The number of amides is 3. The van der Waals surface area contributed by atoms with Crippen molar-refractivity contribution in [2.45, 2.75) is 25.7 Å². The van der Waals surface area contributed by atoms with Crippen LogP contribution in [0.3, 0.4) is 0 Å². The van der Waals surface area contributed by atoms with E-state index < -0.39 is 12.2 Å². The van der Waals surface area contributed by atoms with Gasteiger partial charge < -0.3 is 14.7 Å². The lowest BCUT2D eigenvalue weighted by Gasteiger charge is -2.40. The molecular formula is C19H25BrN6O2. The third kappa shape index (κ3) is 3.48. The summed E-state index contributed by atoms with van der Waals surface area (Å²) in [6, 6.07) is 7.61. The lowest BCUT2D eigenvalue weighted by Crippen LogP contribution is -2.64. The zero-order chi connectivity index (χ0) is 19.8. The van der Waals surface area contributed by atoms with Crippen LogP contribution in [0.1, 0.15) is 12.5 Å². The highest BCUT2D eigenvalue weighted by molar-refractivity contribution is 9.10. The van der Waals surface area contributed by atoms with Crippen molar-refractivity contribution in [2.75, 3.05) is 39.8 Å². The van der Waals surface area contributed by atoms with Crippen molar-refractivity contribution in [2.24, 2.45) is 4.99 Å². The average Bonchev–Trinajstić information content (AvgIpc) is 3.09. The van der Waals surface area contributed by atoms with E-state index in [4.69, 9.17) is 4.99 Å². The van der Waals surface area contributed by atoms with E-state index in [0.29, 0.717) is 6.54 Å². The second-order valence-corrected chi connectivity index (χ2v) is 8.28. The highest BCUT2D eigenvalue weighted by atomic mass is 79.9. The number of halogens is 1. The summed E-state index contributed by atoms with van der Waals surface area (Å²) in [5, 5.41) is 2.43. The molecule has 0 spiro atoms. The number of imide groups is 1. The predicted molar refractivity (Wildman–Crippen MR) is 110 cm³/mol. The van der Waals surface area contributed by atoms with Crippen molar-refractivity contribution < 1.29 is 9.59 Å². The smallest absolute Gasteiger partial charge is 0.325 e. The minimum Gasteiger partial charge on any atom is -0.340 e. The molecule has 3 amide bonds. The molecule has 2 atom stereocenters. The molecule has 4 rings (SSSR count). The van der Waals surface area contributed by atoms with Crippen molar-refractivity contribution in [3.63, 3.8) is 0 Å². The van der Waals surface area contributed by atoms with Gasteiger partial charge in [0, 0.05) is 50.8 Å². The molecule has 2 fully saturated rings. The van der Waals surface area contributed by atoms with Crippen LogP contribution >= 0.6 is 15.9 Å². The van der Waals surface area contributed by atoms with Gasteiger partial charge >= 0.3 is 6.03 Å². The van der Waals surface area contributed by atoms with Gasteiger partial charge in [-0.25, -0.2) is 9.79 Å². The summed E-state index contributed by atoms with van der Waals surface area (Å²) in [6.07, 6.45) is -0.447. The van der Waals surface area contributed by atoms with Gasteiger partial charge in [0.1, 0.15) is 0 Å². The van der Waals surface area contributed by atoms with E-state index in [9.17, 15) is 9.59 Å². The van der Waals surface area contributed by atoms with Crippen LogP contribution in [0.2, 0.25) is 0 Å². The molecule has 1 N–H and O–H groups in total. The summed E-state index contributed by atoms with van der Waals surface area (Å²) in [7, 11) is 1.69. The molecule has 0 saturated carbocycles. The van der Waals surface area contributed by atoms with Crippen LogP contribution in [0, 0.1) is 0 Å². The molecule has 9 heteroatoms. The Kier molecular flexibility index (Phi) is 5.29. The Bertz CT molecular complexity index is 790. The van der Waals surface area contributed by atoms with Crippen LogP contribution in [-0.2, 0) is 11.3 Å². The Labute approximate surface area is 173 Å². The maximum atomic E-state index is 12.4. The molecule has 3 heterocycles. The predicted octanol–water partition coefficient (Wildman–Crippen LogP) is 1.13. The number of urea groups is 1. The number of fused-ring (bicyclic) bond motifs is 1. The van der Waals surface area contributed by atoms with Crippen LogP contribution in [0.5, 0.6) is 0 Å². The standard InChI is InChI=1S/C19H25BrN6O2/c1-3-26-15-16(23(2)19(28)22-17(15)27)21-18(26)25-10-8-24(9-11-25)12-13-4-6-14(20)7-5-13/h4-7,15-16H,3,8-12H2,1-2H3,(H,22,27,28). The number of guanidine groups is 1. The molecule has 3 aliphatic heterocycles. The lowest BCUT2D eigenvalue weighted by atomic mass is 10.1. The monoisotopic (exact) mass is 448 g/mol. The molecule has 0 aliphatic carbocycles. The first-order valence-electron chi connectivity index (χ1n) is 9.61. The number of hydrogen-bond donors (Lipinski definition) is 1. The van der Waals surface area contributed by atoms with Crippen LogP contribution in [0.4, 0.5) is 4.79 Å². The van der Waals surface area contributed by atoms with Gasteiger partial charge in [-0.05, 0) is 24.6 Å². The van der Waals surface area contributed by atoms with Gasteiger partial charge in [0.15, 0.2) is 18.2 Å². The molecule has 28 heavy (non-hydrogen) atoms. The van der Waals surface area contributed by atoms with E-state index in [1.54, 1.807) is 7.05 Å². The summed E-state index contributed by atoms with van der Waals surface area (Å²) in [5.41, 5.74) is 1.30. The first kappa shape index (κ1) is 19.2. The highest BCUT2D eigenvalue weighted by Gasteiger charge is 2.49. The maximum absolute atomic E-state index is 12.4. The van der Waals surface area contributed by atoms with Gasteiger partial charge in [0.2, 0.25) is 0 Å². The fourth-order valence-electron chi connectivity index (χ4n) is 4.07. The second-order valence-electron chi connectivity index (χ2n) is 7.37. The summed E-state index contributed by atoms with van der Waals surface area (Å²) in [4.78, 5) is 37.3. The third-order valence-corrected chi connectivity index (χ3v) is 6.18. The summed E-state index contributed by atoms with van der Waals surface area (Å²) < 4.78 is 1.09. The third-order valence-electron chi connectivity index (χ3n) is 5.65. The molecule has 1 aromatic rings. The number of nitrogens with zero attached hydrogens (tertiary/aromatic N) is 5. The van der Waals surface area contributed by atoms with Gasteiger partial charge in [0.05, 0.1) is 0 Å². The molecule has 0 bridgehead atoms. The number of hydrogen-bond acceptors (Lipinski definition) is 6. The Morgan fingerprint density at radius 1 is 1.14 bits per heavy atom. The molecule has 150 valence electrons. The average molecular weight is 449 g/mol. The molecule has 2 unspecified atom stereocenters. The van der Waals surface area contributed by atoms with E-state index in [0.717, 1.165) is 43.2 Å². The first-order valence-corrected chi connectivity index (χ1v) is 10.4. The SMILES string of the molecule is CCN1C(N2CCN(Cc3ccc(Br)cc3)CC2)=NC2C1C(=O)NC(=O)N2C. The summed E-state index contributed by atoms with van der Waals surface area (Å²) >= 11 is 3.48. The highest BCUT2D eigenvalue weighted by Crippen LogP contribution is 2.25. The molecular weight excluding hydrogens is 424 g/mol. The van der Waals surface area contributed by atoms with Crippen LogP contribution in [-0.4, -0.2) is 89.5 Å². The van der Waals surface area contributed by atoms with E-state index >= 15 is 0 Å². The van der Waals surface area contributed by atoms with Gasteiger partial charge in [-0.2, -0.15) is 0 Å². The molecule has 3 aliphatic rings. The minimum atomic E-state index is -0.447. The Morgan fingerprint density at radius 3 is 2.46 bits per heavy atom. The minimum absolute atomic E-state index is 0.262. The number of nitrogens with one attached hydrogen (secondary N) is 1. The van der Waals surface area contributed by atoms with Crippen LogP contribution < -0.4 is 5.32 Å². The van der Waals surface area contributed by atoms with Gasteiger partial charge in [-0.15, -0.1) is 0 Å². The number of likely N-dealkylation sites (N-methyl/N-ethyl adjacent to an activating group) is 2. The molecule has 0 radical (unpaired) electrons. The van der Waals surface area contributed by atoms with E-state index in [2.05, 4.69) is 55.3 Å². The van der Waals surface area contributed by atoms with E-state index in [1.807, 2.05) is 11.8 Å². The zero-order valence-corrected chi connectivity index (χ0v) is 17.7. The topological polar surface area (TPSA) is 71.5 Å². The summed E-state index contributed by atoms with van der Waals surface area (Å²) in [5.74, 6) is 0.570. The number of carbonyl (C=O) groups excluding carboxylic acids is 2. The number of benzene rings is 1. The first-order chi connectivity index (χ1) is 13.5. The normalized spacial score (nSPS) is 25.7. The summed E-state index contributed by atoms with van der Waals surface area (Å²) in [6.45, 7) is 7.19. The van der Waals surface area contributed by atoms with Crippen molar-refractivity contribution in [3.8, 4) is 0 Å². The van der Waals surface area contributed by atoms with Crippen LogP contribution in [0.25, 0.3) is 0 Å². The Morgan fingerprint density at radius 2 is 1.82 bits per heavy atom. The van der Waals surface area contributed by atoms with Crippen molar-refractivity contribution in [1.82, 2.24) is 24.9 Å². The lowest BCUT2D eigenvalue weighted by molar-refractivity contribution is -0.127. The van der Waals surface area contributed by atoms with Gasteiger partial charge in [-0.3, -0.25) is 15.0 Å². The maximum Gasteiger partial charge on any atom is 0.325 e. The van der Waals surface area contributed by atoms with E-state index in [-0.39, 0.29) is 11.9 Å². The Balaban J connectivity index is 1.43. The second kappa shape index (κ2) is 7.71. The number of aliphatic imine (C=N–C) groups is 1. The van der Waals surface area contributed by atoms with Crippen molar-refractivity contribution in [1.29, 1.82) is 0 Å². The fourth-order valence-corrected chi connectivity index (χ4v) is 4.33. The van der Waals surface area contributed by atoms with E-state index in [1.165, 1.54) is 10.5 Å². The number of carbonyl (C=O) groups is 2. The quantitative estimate of drug-likeness (QED) is 0.750. The molecule has 0 aromatic heterocycles. The van der Waals surface area contributed by atoms with Gasteiger partial charge in [0.25, 0.3) is 5.91 Å². The zero-order valence-electron chi connectivity index (χ0n) is 16.1. The largest absolute Gasteiger partial charge is 0.340 e. The number of piperazine rings is 1.